The van der Waals surface area contributed by atoms with Gasteiger partial charge in [0.2, 0.25) is 0 Å². The third-order valence-electron chi connectivity index (χ3n) is 31.3. The third kappa shape index (κ3) is 22.4. The number of ether oxygens (including phenoxy) is 6. The van der Waals surface area contributed by atoms with Gasteiger partial charge in [-0.1, -0.05) is 437 Å². The van der Waals surface area contributed by atoms with E-state index in [-0.39, 0.29) is 0 Å². The zero-order valence-electron chi connectivity index (χ0n) is 84.7. The van der Waals surface area contributed by atoms with Crippen molar-refractivity contribution in [2.75, 3.05) is 79.3 Å². The summed E-state index contributed by atoms with van der Waals surface area (Å²) in [6, 6.07) is 154. The van der Waals surface area contributed by atoms with Crippen LogP contribution in [0.3, 0.4) is 0 Å². The van der Waals surface area contributed by atoms with E-state index < -0.39 is 0 Å². The molecule has 18 aromatic carbocycles. The summed E-state index contributed by atoms with van der Waals surface area (Å²) in [7, 11) is 0. The predicted molar refractivity (Wildman–Crippen MR) is 617 cm³/mol. The van der Waals surface area contributed by atoms with Crippen molar-refractivity contribution >= 4 is 0 Å². The number of rotatable bonds is 0. The minimum Gasteiger partial charge on any atom is -0.381 e. The highest BCUT2D eigenvalue weighted by Crippen LogP contribution is 2.57. The zero-order valence-corrected chi connectivity index (χ0v) is 84.7. The highest BCUT2D eigenvalue weighted by molar-refractivity contribution is 5.89. The van der Waals surface area contributed by atoms with E-state index in [0.717, 1.165) is 79.3 Å². The van der Waals surface area contributed by atoms with E-state index in [1.54, 1.807) is 0 Å². The van der Waals surface area contributed by atoms with Crippen LogP contribution in [0.2, 0.25) is 0 Å². The third-order valence-corrected chi connectivity index (χ3v) is 31.3. The quantitative estimate of drug-likeness (QED) is 0.141. The number of fused-ring (bicyclic) bond motifs is 4. The maximum atomic E-state index is 4.94. The number of benzene rings is 18. The van der Waals surface area contributed by atoms with Gasteiger partial charge in [0.15, 0.2) is 0 Å². The van der Waals surface area contributed by atoms with Gasteiger partial charge in [0.25, 0.3) is 0 Å². The van der Waals surface area contributed by atoms with Gasteiger partial charge in [-0.15, -0.1) is 0 Å². The molecule has 0 aromatic heterocycles. The Labute approximate surface area is 874 Å². The predicted octanol–water partition coefficient (Wildman–Crippen LogP) is 37.1. The summed E-state index contributed by atoms with van der Waals surface area (Å²) in [6.45, 7) is 12.0. The Balaban J connectivity index is 0.000000126. The van der Waals surface area contributed by atoms with Crippen LogP contribution in [0.15, 0.2) is 437 Å². The molecule has 6 saturated heterocycles. The van der Waals surface area contributed by atoms with Crippen LogP contribution in [0.25, 0.3) is 200 Å². The molecule has 6 nitrogen and oxygen atoms in total. The molecule has 0 amide bonds. The molecule has 4 atom stereocenters. The van der Waals surface area contributed by atoms with Gasteiger partial charge >= 0.3 is 0 Å². The van der Waals surface area contributed by atoms with Crippen LogP contribution in [-0.4, -0.2) is 79.3 Å². The van der Waals surface area contributed by atoms with Gasteiger partial charge in [0.05, 0.1) is 0 Å². The summed E-state index contributed by atoms with van der Waals surface area (Å²) in [6.07, 6.45) is 27.5. The second kappa shape index (κ2) is 46.5. The lowest BCUT2D eigenvalue weighted by molar-refractivity contribution is 0.198. The highest BCUT2D eigenvalue weighted by atomic mass is 16.5. The van der Waals surface area contributed by atoms with Gasteiger partial charge in [-0.05, 0) is 312 Å². The fourth-order valence-corrected chi connectivity index (χ4v) is 22.8. The standard InChI is InChI=1S/2C59H40.6C4H8O/c2*1-5-40-6-2-38(1)39-3-7-41(8-4-39)43-11-15-45(16-12-43)47-19-23-49(24-20-47)51-27-31-53(32-28-51)57-36-35-56(58-54-33-34-55(37-54)59(57)58)52-29-25-50(26-30-52)48-21-17-46(18-22-48)44-13-9-42(40)10-14-44;6*1-2-4-5-3-1/h2*1-36,54-55H,37H2;6*1-4H2/t2*54-,55+;;;;;;. The first-order chi connectivity index (χ1) is 73.4. The summed E-state index contributed by atoms with van der Waals surface area (Å²) in [5.74, 6) is 1.92. The molecule has 0 unspecified atom stereocenters. The molecule has 148 heavy (non-hydrogen) atoms. The summed E-state index contributed by atoms with van der Waals surface area (Å²) in [5.41, 5.74) is 51.0. The fourth-order valence-electron chi connectivity index (χ4n) is 22.8. The maximum Gasteiger partial charge on any atom is 0.0466 e. The topological polar surface area (TPSA) is 55.4 Å². The average Bonchev–Trinajstić information content (AvgIpc) is 1.58. The second-order valence-electron chi connectivity index (χ2n) is 40.8. The minimum atomic E-state index is 0.480. The largest absolute Gasteiger partial charge is 0.381 e. The lowest BCUT2D eigenvalue weighted by Crippen LogP contribution is -2.00. The van der Waals surface area contributed by atoms with Crippen molar-refractivity contribution in [2.24, 2.45) is 0 Å². The Morgan fingerprint density at radius 2 is 0.182 bits per heavy atom. The first kappa shape index (κ1) is 96.6. The molecule has 0 spiro atoms. The molecule has 732 valence electrons. The fraction of sp³-hybridized carbons (Fsp3) is 0.211. The monoisotopic (exact) mass is 1930 g/mol. The van der Waals surface area contributed by atoms with Crippen molar-refractivity contribution in [1.82, 2.24) is 0 Å². The zero-order chi connectivity index (χ0) is 98.9. The summed E-state index contributed by atoms with van der Waals surface area (Å²) in [4.78, 5) is 0. The van der Waals surface area contributed by atoms with Gasteiger partial charge in [-0.2, -0.15) is 0 Å². The van der Waals surface area contributed by atoms with Crippen LogP contribution >= 0.6 is 0 Å². The Bertz CT molecular complexity index is 6540. The van der Waals surface area contributed by atoms with Gasteiger partial charge < -0.3 is 28.4 Å². The summed E-state index contributed by atoms with van der Waals surface area (Å²) in [5, 5.41) is 0. The van der Waals surface area contributed by atoms with Gasteiger partial charge in [-0.25, -0.2) is 0 Å². The summed E-state index contributed by atoms with van der Waals surface area (Å²) >= 11 is 0. The molecule has 40 bridgehead atoms. The van der Waals surface area contributed by atoms with E-state index in [9.17, 15) is 0 Å². The van der Waals surface area contributed by atoms with Gasteiger partial charge in [0, 0.05) is 103 Å². The molecule has 78 rings (SSSR count). The molecule has 0 saturated carbocycles. The van der Waals surface area contributed by atoms with E-state index in [4.69, 9.17) is 28.4 Å². The van der Waals surface area contributed by atoms with Crippen molar-refractivity contribution in [3.8, 4) is 200 Å². The normalized spacial score (nSPS) is 17.1. The molecule has 6 aliphatic heterocycles. The second-order valence-corrected chi connectivity index (χ2v) is 40.8. The molecule has 0 N–H and O–H groups in total. The smallest absolute Gasteiger partial charge is 0.0466 e. The number of hydrogen-bond acceptors (Lipinski definition) is 6. The highest BCUT2D eigenvalue weighted by Gasteiger charge is 2.39. The Morgan fingerprint density at radius 1 is 0.101 bits per heavy atom. The van der Waals surface area contributed by atoms with Crippen LogP contribution in [0, 0.1) is 0 Å². The van der Waals surface area contributed by atoms with Crippen molar-refractivity contribution < 1.29 is 28.4 Å². The Morgan fingerprint density at radius 3 is 0.257 bits per heavy atom. The lowest BCUT2D eigenvalue weighted by Gasteiger charge is -2.20. The Hall–Kier alpha value is -14.8. The molecule has 6 heterocycles. The molecule has 6 fully saturated rings. The average molecular weight is 1930 g/mol. The molecule has 0 radical (unpaired) electrons. The van der Waals surface area contributed by atoms with Crippen LogP contribution < -0.4 is 0 Å². The van der Waals surface area contributed by atoms with Crippen LogP contribution in [0.5, 0.6) is 0 Å². The van der Waals surface area contributed by atoms with Gasteiger partial charge in [-0.3, -0.25) is 0 Å². The van der Waals surface area contributed by atoms with E-state index in [2.05, 4.69) is 437 Å². The van der Waals surface area contributed by atoms with Gasteiger partial charge in [0.1, 0.15) is 0 Å². The van der Waals surface area contributed by atoms with E-state index in [1.165, 1.54) is 312 Å². The summed E-state index contributed by atoms with van der Waals surface area (Å²) < 4.78 is 29.7. The van der Waals surface area contributed by atoms with Crippen molar-refractivity contribution in [3.63, 3.8) is 0 Å². The van der Waals surface area contributed by atoms with Crippen LogP contribution in [0.4, 0.5) is 0 Å². The van der Waals surface area contributed by atoms with E-state index in [1.807, 2.05) is 0 Å². The molecule has 54 aliphatic carbocycles. The number of hydrogen-bond donors (Lipinski definition) is 0. The minimum absolute atomic E-state index is 0.480. The molecular weight excluding hydrogens is 1800 g/mol. The SMILES string of the molecule is C1=C[C@H]2C[C@@H]1c1c3ccc(c12)-c1ccc(cc1)-c1ccc(cc1)-c1ccc(cc1)-c1ccc(cc1)-c1ccc(cc1)-c1ccc(cc1)-c1ccc(cc1)-c1ccc-3cc1.C1=C[C@H]2C[C@@H]1c1c3ccc(c12)-c1ccc(cc1)-c1ccc(cc1)-c1ccc(cc1)-c1ccc(cc1)-c1ccc(cc1)-c1ccc(cc1)-c1ccc(cc1)-c1ccc-3cc1.C1CCOC1.C1CCOC1.C1CCOC1.C1CCOC1.C1CCOC1.C1CCOC1. The van der Waals surface area contributed by atoms with Crippen LogP contribution in [0.1, 0.15) is 136 Å². The van der Waals surface area contributed by atoms with Crippen molar-refractivity contribution in [1.29, 1.82) is 0 Å². The molecule has 6 heteroatoms. The van der Waals surface area contributed by atoms with Crippen molar-refractivity contribution in [3.05, 3.63) is 459 Å². The maximum absolute atomic E-state index is 4.94. The van der Waals surface area contributed by atoms with Crippen LogP contribution in [-0.2, 0) is 28.4 Å². The lowest BCUT2D eigenvalue weighted by atomic mass is 9.83. The molecule has 18 aromatic rings. The molecule has 60 aliphatic rings. The first-order valence-corrected chi connectivity index (χ1v) is 54.2. The first-order valence-electron chi connectivity index (χ1n) is 54.2. The van der Waals surface area contributed by atoms with E-state index >= 15 is 0 Å². The van der Waals surface area contributed by atoms with Crippen molar-refractivity contribution in [2.45, 2.75) is 114 Å². The van der Waals surface area contributed by atoms with E-state index in [0.29, 0.717) is 23.7 Å². The number of allylic oxidation sites excluding steroid dienone is 4. The molecular formula is C142H128O6. The Kier molecular flexibility index (Phi) is 30.4.